The van der Waals surface area contributed by atoms with Gasteiger partial charge >= 0.3 is 5.97 Å². The van der Waals surface area contributed by atoms with Gasteiger partial charge in [0.15, 0.2) is 6.10 Å². The fraction of sp³-hybridized carbons (Fsp3) is 0.391. The fourth-order valence-corrected chi connectivity index (χ4v) is 4.49. The van der Waals surface area contributed by atoms with Gasteiger partial charge < -0.3 is 14.4 Å². The van der Waals surface area contributed by atoms with E-state index in [1.165, 1.54) is 19.2 Å². The van der Waals surface area contributed by atoms with E-state index in [1.807, 2.05) is 12.1 Å². The van der Waals surface area contributed by atoms with Crippen molar-refractivity contribution in [1.82, 2.24) is 15.1 Å². The Morgan fingerprint density at radius 2 is 2.00 bits per heavy atom. The van der Waals surface area contributed by atoms with Gasteiger partial charge in [0.2, 0.25) is 0 Å². The maximum absolute atomic E-state index is 13.6. The predicted molar refractivity (Wildman–Crippen MR) is 117 cm³/mol. The summed E-state index contributed by atoms with van der Waals surface area (Å²) in [5.74, 6) is -0.791. The number of piperidine rings is 1. The van der Waals surface area contributed by atoms with Crippen molar-refractivity contribution in [1.29, 1.82) is 0 Å². The molecule has 1 saturated heterocycles. The fourth-order valence-electron chi connectivity index (χ4n) is 4.25. The molecule has 0 spiro atoms. The maximum atomic E-state index is 13.6. The van der Waals surface area contributed by atoms with Crippen molar-refractivity contribution in [2.75, 3.05) is 33.9 Å². The van der Waals surface area contributed by atoms with Gasteiger partial charge in [0, 0.05) is 21.4 Å². The van der Waals surface area contributed by atoms with Gasteiger partial charge in [-0.25, -0.2) is 9.18 Å². The lowest BCUT2D eigenvalue weighted by Crippen LogP contribution is -2.44. The Morgan fingerprint density at radius 1 is 1.29 bits per heavy atom. The third-order valence-electron chi connectivity index (χ3n) is 6.17. The zero-order valence-corrected chi connectivity index (χ0v) is 18.3. The molecule has 164 valence electrons. The third kappa shape index (κ3) is 4.44. The van der Waals surface area contributed by atoms with E-state index in [2.05, 4.69) is 22.1 Å². The average Bonchev–Trinajstić information content (AvgIpc) is 3.24. The summed E-state index contributed by atoms with van der Waals surface area (Å²) in [5.41, 5.74) is 1.93. The van der Waals surface area contributed by atoms with Crippen LogP contribution in [0.25, 0.3) is 10.9 Å². The molecule has 0 bridgehead atoms. The first-order valence-electron chi connectivity index (χ1n) is 10.2. The Morgan fingerprint density at radius 3 is 2.68 bits per heavy atom. The van der Waals surface area contributed by atoms with Crippen LogP contribution in [0.1, 0.15) is 30.1 Å². The highest BCUT2D eigenvalue weighted by Crippen LogP contribution is 2.38. The van der Waals surface area contributed by atoms with Gasteiger partial charge in [-0.3, -0.25) is 5.10 Å². The predicted octanol–water partition coefficient (Wildman–Crippen LogP) is 4.25. The van der Waals surface area contributed by atoms with Crippen molar-refractivity contribution in [2.24, 2.45) is 0 Å². The summed E-state index contributed by atoms with van der Waals surface area (Å²) >= 11 is 6.29. The van der Waals surface area contributed by atoms with Gasteiger partial charge in [-0.1, -0.05) is 23.7 Å². The van der Waals surface area contributed by atoms with Crippen LogP contribution >= 0.6 is 11.6 Å². The summed E-state index contributed by atoms with van der Waals surface area (Å²) in [6.07, 6.45) is 2.34. The number of halogens is 2. The second-order valence-corrected chi connectivity index (χ2v) is 8.57. The van der Waals surface area contributed by atoms with Crippen LogP contribution in [0, 0.1) is 5.82 Å². The SMILES string of the molecule is COC(=O)C(OCC1(c2ccc(F)cc2)CCN(C)CC1)c1cc(Cl)cc2cn[nH]c12. The molecule has 8 heteroatoms. The number of carbonyl (C=O) groups is 1. The van der Waals surface area contributed by atoms with Crippen molar-refractivity contribution in [2.45, 2.75) is 24.4 Å². The highest BCUT2D eigenvalue weighted by molar-refractivity contribution is 6.31. The van der Waals surface area contributed by atoms with Crippen LogP contribution in [-0.4, -0.2) is 54.9 Å². The number of rotatable bonds is 6. The molecule has 31 heavy (non-hydrogen) atoms. The molecule has 0 amide bonds. The van der Waals surface area contributed by atoms with Crippen molar-refractivity contribution in [3.63, 3.8) is 0 Å². The molecule has 0 aliphatic carbocycles. The molecule has 0 saturated carbocycles. The van der Waals surface area contributed by atoms with Crippen molar-refractivity contribution in [3.8, 4) is 0 Å². The first-order valence-corrected chi connectivity index (χ1v) is 10.6. The van der Waals surface area contributed by atoms with Crippen LogP contribution < -0.4 is 0 Å². The van der Waals surface area contributed by atoms with Crippen molar-refractivity contribution >= 4 is 28.5 Å². The molecule has 1 unspecified atom stereocenters. The van der Waals surface area contributed by atoms with Crippen LogP contribution in [-0.2, 0) is 19.7 Å². The largest absolute Gasteiger partial charge is 0.467 e. The Balaban J connectivity index is 1.68. The molecule has 1 aromatic heterocycles. The normalized spacial score (nSPS) is 17.5. The first-order chi connectivity index (χ1) is 14.9. The lowest BCUT2D eigenvalue weighted by Gasteiger charge is -2.41. The summed E-state index contributed by atoms with van der Waals surface area (Å²) in [6.45, 7) is 2.05. The minimum Gasteiger partial charge on any atom is -0.467 e. The van der Waals surface area contributed by atoms with Gasteiger partial charge in [0.05, 0.1) is 25.4 Å². The quantitative estimate of drug-likeness (QED) is 0.574. The summed E-state index contributed by atoms with van der Waals surface area (Å²) in [7, 11) is 3.41. The lowest BCUT2D eigenvalue weighted by molar-refractivity contribution is -0.156. The summed E-state index contributed by atoms with van der Waals surface area (Å²) in [6, 6.07) is 10.0. The number of nitrogens with zero attached hydrogens (tertiary/aromatic N) is 2. The molecule has 1 N–H and O–H groups in total. The van der Waals surface area contributed by atoms with E-state index >= 15 is 0 Å². The van der Waals surface area contributed by atoms with E-state index in [1.54, 1.807) is 18.3 Å². The van der Waals surface area contributed by atoms with Crippen molar-refractivity contribution < 1.29 is 18.7 Å². The molecule has 1 atom stereocenters. The molecule has 6 nitrogen and oxygen atoms in total. The number of aromatic amines is 1. The lowest BCUT2D eigenvalue weighted by atomic mass is 9.73. The van der Waals surface area contributed by atoms with Crippen LogP contribution in [0.5, 0.6) is 0 Å². The number of benzene rings is 2. The van der Waals surface area contributed by atoms with E-state index in [4.69, 9.17) is 21.1 Å². The average molecular weight is 446 g/mol. The summed E-state index contributed by atoms with van der Waals surface area (Å²) in [5, 5.41) is 8.25. The van der Waals surface area contributed by atoms with E-state index < -0.39 is 12.1 Å². The Hall–Kier alpha value is -2.48. The number of carbonyl (C=O) groups excluding carboxylic acids is 1. The van der Waals surface area contributed by atoms with Gasteiger partial charge in [-0.05, 0) is 62.8 Å². The number of fused-ring (bicyclic) bond motifs is 1. The van der Waals surface area contributed by atoms with E-state index in [0.717, 1.165) is 36.9 Å². The van der Waals surface area contributed by atoms with E-state index in [0.29, 0.717) is 16.1 Å². The molecule has 4 rings (SSSR count). The third-order valence-corrected chi connectivity index (χ3v) is 6.39. The summed E-state index contributed by atoms with van der Waals surface area (Å²) < 4.78 is 24.9. The molecule has 0 radical (unpaired) electrons. The molecular weight excluding hydrogens is 421 g/mol. The second kappa shape index (κ2) is 8.94. The molecule has 2 aromatic carbocycles. The highest BCUT2D eigenvalue weighted by Gasteiger charge is 2.38. The number of aromatic nitrogens is 2. The minimum atomic E-state index is -0.969. The Bertz CT molecular complexity index is 1060. The van der Waals surface area contributed by atoms with Gasteiger partial charge in [0.1, 0.15) is 5.82 Å². The number of hydrogen-bond acceptors (Lipinski definition) is 5. The number of esters is 1. The number of nitrogens with one attached hydrogen (secondary N) is 1. The number of methoxy groups -OCH3 is 1. The number of H-pyrrole nitrogens is 1. The number of hydrogen-bond donors (Lipinski definition) is 1. The molecular formula is C23H25ClFN3O3. The Labute approximate surface area is 185 Å². The topological polar surface area (TPSA) is 67.5 Å². The Kier molecular flexibility index (Phi) is 6.27. The smallest absolute Gasteiger partial charge is 0.339 e. The van der Waals surface area contributed by atoms with Crippen LogP contribution in [0.3, 0.4) is 0 Å². The molecule has 3 aromatic rings. The van der Waals surface area contributed by atoms with Gasteiger partial charge in [-0.2, -0.15) is 5.10 Å². The standard InChI is InChI=1S/C23H25ClFN3O3/c1-28-9-7-23(8-10-28,16-3-5-18(25)6-4-16)14-31-21(22(29)30-2)19-12-17(24)11-15-13-26-27-20(15)19/h3-6,11-13,21H,7-10,14H2,1-2H3,(H,26,27). The monoisotopic (exact) mass is 445 g/mol. The summed E-state index contributed by atoms with van der Waals surface area (Å²) in [4.78, 5) is 15.0. The first kappa shape index (κ1) is 21.7. The number of likely N-dealkylation sites (tertiary alicyclic amines) is 1. The van der Waals surface area contributed by atoms with Crippen LogP contribution in [0.4, 0.5) is 4.39 Å². The van der Waals surface area contributed by atoms with Gasteiger partial charge in [-0.15, -0.1) is 0 Å². The molecule has 2 heterocycles. The minimum absolute atomic E-state index is 0.277. The second-order valence-electron chi connectivity index (χ2n) is 8.13. The number of ether oxygens (including phenoxy) is 2. The maximum Gasteiger partial charge on any atom is 0.339 e. The molecule has 1 aliphatic heterocycles. The zero-order chi connectivity index (χ0) is 22.0. The van der Waals surface area contributed by atoms with Gasteiger partial charge in [0.25, 0.3) is 0 Å². The van der Waals surface area contributed by atoms with Crippen LogP contribution in [0.15, 0.2) is 42.6 Å². The molecule has 1 aliphatic rings. The van der Waals surface area contributed by atoms with Crippen LogP contribution in [0.2, 0.25) is 5.02 Å². The van der Waals surface area contributed by atoms with E-state index in [-0.39, 0.29) is 17.8 Å². The zero-order valence-electron chi connectivity index (χ0n) is 17.5. The molecule has 1 fully saturated rings. The highest BCUT2D eigenvalue weighted by atomic mass is 35.5. The van der Waals surface area contributed by atoms with Crippen molar-refractivity contribution in [3.05, 3.63) is 64.6 Å². The van der Waals surface area contributed by atoms with E-state index in [9.17, 15) is 9.18 Å².